The van der Waals surface area contributed by atoms with Crippen molar-refractivity contribution in [3.05, 3.63) is 65.5 Å². The van der Waals surface area contributed by atoms with Gasteiger partial charge in [0.05, 0.1) is 37.0 Å². The maximum atomic E-state index is 13.0. The van der Waals surface area contributed by atoms with Gasteiger partial charge in [-0.05, 0) is 29.8 Å². The first-order valence-electron chi connectivity index (χ1n) is 12.1. The van der Waals surface area contributed by atoms with E-state index in [9.17, 15) is 40.2 Å². The summed E-state index contributed by atoms with van der Waals surface area (Å²) in [5.74, 6) is -3.34. The number of aliphatic hydroxyl groups is 5. The molecule has 13 nitrogen and oxygen atoms in total. The number of ether oxygens (including phenoxy) is 5. The van der Waals surface area contributed by atoms with Crippen LogP contribution in [0.5, 0.6) is 5.75 Å². The molecule has 3 heterocycles. The highest BCUT2D eigenvalue weighted by molar-refractivity contribution is 5.94. The number of phenols is 1. The van der Waals surface area contributed by atoms with E-state index in [1.165, 1.54) is 43.5 Å². The number of carbonyl (C=O) groups is 2. The van der Waals surface area contributed by atoms with Gasteiger partial charge >= 0.3 is 11.9 Å². The fourth-order valence-corrected chi connectivity index (χ4v) is 5.30. The van der Waals surface area contributed by atoms with Crippen LogP contribution in [0.25, 0.3) is 0 Å². The normalized spacial score (nSPS) is 37.9. The SMILES string of the molecule is COC(=O)C1=CO[C@@H](O[C@@H]2O[C@H](CO)[C@@H](O)[C@H](O)[C@H]2O)[C@H]2[C@@H]1C=C[C@@]21C=C(C(O)c2ccc(O)cc2)C(=O)O1. The predicted molar refractivity (Wildman–Crippen MR) is 126 cm³/mol. The third kappa shape index (κ3) is 4.61. The zero-order chi connectivity index (χ0) is 28.1. The lowest BCUT2D eigenvalue weighted by atomic mass is 9.78. The van der Waals surface area contributed by atoms with Crippen molar-refractivity contribution in [1.82, 2.24) is 0 Å². The van der Waals surface area contributed by atoms with Crippen LogP contribution in [-0.2, 0) is 33.3 Å². The Morgan fingerprint density at radius 1 is 1.10 bits per heavy atom. The van der Waals surface area contributed by atoms with Gasteiger partial charge in [0.15, 0.2) is 11.9 Å². The average molecular weight is 548 g/mol. The van der Waals surface area contributed by atoms with E-state index in [2.05, 4.69) is 0 Å². The number of benzene rings is 1. The molecule has 0 bridgehead atoms. The van der Waals surface area contributed by atoms with Crippen LogP contribution in [-0.4, -0.2) is 98.9 Å². The van der Waals surface area contributed by atoms with Crippen LogP contribution < -0.4 is 0 Å². The van der Waals surface area contributed by atoms with Crippen molar-refractivity contribution >= 4 is 11.9 Å². The van der Waals surface area contributed by atoms with Gasteiger partial charge in [-0.15, -0.1) is 0 Å². The van der Waals surface area contributed by atoms with Crippen LogP contribution >= 0.6 is 0 Å². The van der Waals surface area contributed by atoms with E-state index in [1.54, 1.807) is 6.08 Å². The summed E-state index contributed by atoms with van der Waals surface area (Å²) in [6.07, 6.45) is -5.05. The molecule has 0 saturated carbocycles. The average Bonchev–Trinajstić information content (AvgIpc) is 3.48. The summed E-state index contributed by atoms with van der Waals surface area (Å²) in [7, 11) is 1.19. The number of hydrogen-bond donors (Lipinski definition) is 6. The van der Waals surface area contributed by atoms with Gasteiger partial charge in [0.1, 0.15) is 36.3 Å². The number of aliphatic hydroxyl groups excluding tert-OH is 5. The second kappa shape index (κ2) is 10.4. The molecule has 4 aliphatic rings. The molecule has 3 aliphatic heterocycles. The number of aromatic hydroxyl groups is 1. The fraction of sp³-hybridized carbons (Fsp3) is 0.462. The Morgan fingerprint density at radius 2 is 1.82 bits per heavy atom. The van der Waals surface area contributed by atoms with E-state index < -0.39 is 79.1 Å². The van der Waals surface area contributed by atoms with Crippen molar-refractivity contribution in [1.29, 1.82) is 0 Å². The molecule has 39 heavy (non-hydrogen) atoms. The molecule has 0 radical (unpaired) electrons. The molecule has 6 N–H and O–H groups in total. The number of methoxy groups -OCH3 is 1. The summed E-state index contributed by atoms with van der Waals surface area (Å²) >= 11 is 0. The Morgan fingerprint density at radius 3 is 2.49 bits per heavy atom. The second-order valence-corrected chi connectivity index (χ2v) is 9.65. The molecule has 1 aromatic carbocycles. The van der Waals surface area contributed by atoms with Crippen molar-refractivity contribution in [2.24, 2.45) is 11.8 Å². The lowest BCUT2D eigenvalue weighted by Crippen LogP contribution is -2.60. The molecule has 1 unspecified atom stereocenters. The van der Waals surface area contributed by atoms with Gasteiger partial charge in [-0.3, -0.25) is 0 Å². The molecule has 0 aromatic heterocycles. The molecule has 1 aliphatic carbocycles. The van der Waals surface area contributed by atoms with E-state index >= 15 is 0 Å². The molecule has 210 valence electrons. The van der Waals surface area contributed by atoms with Crippen molar-refractivity contribution in [2.45, 2.75) is 48.7 Å². The summed E-state index contributed by atoms with van der Waals surface area (Å²) in [5.41, 5.74) is -1.27. The molecule has 5 rings (SSSR count). The quantitative estimate of drug-likeness (QED) is 0.181. The van der Waals surface area contributed by atoms with E-state index in [0.29, 0.717) is 5.56 Å². The van der Waals surface area contributed by atoms with Crippen LogP contribution in [0, 0.1) is 11.8 Å². The van der Waals surface area contributed by atoms with Crippen LogP contribution in [0.3, 0.4) is 0 Å². The van der Waals surface area contributed by atoms with Gasteiger partial charge < -0.3 is 54.3 Å². The molecule has 0 amide bonds. The Bertz CT molecular complexity index is 1200. The zero-order valence-electron chi connectivity index (χ0n) is 20.6. The van der Waals surface area contributed by atoms with E-state index in [-0.39, 0.29) is 16.9 Å². The number of rotatable bonds is 6. The third-order valence-electron chi connectivity index (χ3n) is 7.38. The van der Waals surface area contributed by atoms with Crippen molar-refractivity contribution in [3.8, 4) is 5.75 Å². The molecule has 1 spiro atoms. The highest BCUT2D eigenvalue weighted by Crippen LogP contribution is 2.51. The summed E-state index contributed by atoms with van der Waals surface area (Å²) in [5, 5.41) is 60.7. The Kier molecular flexibility index (Phi) is 7.24. The highest BCUT2D eigenvalue weighted by Gasteiger charge is 2.60. The number of carbonyl (C=O) groups excluding carboxylic acids is 2. The molecule has 1 saturated heterocycles. The lowest BCUT2D eigenvalue weighted by molar-refractivity contribution is -0.344. The van der Waals surface area contributed by atoms with Gasteiger partial charge in [0.25, 0.3) is 0 Å². The molecule has 10 atom stereocenters. The second-order valence-electron chi connectivity index (χ2n) is 9.65. The lowest BCUT2D eigenvalue weighted by Gasteiger charge is -2.44. The smallest absolute Gasteiger partial charge is 0.338 e. The minimum Gasteiger partial charge on any atom is -0.508 e. The monoisotopic (exact) mass is 548 g/mol. The van der Waals surface area contributed by atoms with Gasteiger partial charge in [0, 0.05) is 5.92 Å². The Balaban J connectivity index is 1.49. The topological polar surface area (TPSA) is 202 Å². The first-order chi connectivity index (χ1) is 18.6. The largest absolute Gasteiger partial charge is 0.508 e. The van der Waals surface area contributed by atoms with Crippen LogP contribution in [0.2, 0.25) is 0 Å². The summed E-state index contributed by atoms with van der Waals surface area (Å²) in [6.45, 7) is -0.681. The molecule has 13 heteroatoms. The van der Waals surface area contributed by atoms with Gasteiger partial charge in [-0.2, -0.15) is 0 Å². The summed E-state index contributed by atoms with van der Waals surface area (Å²) in [4.78, 5) is 25.5. The van der Waals surface area contributed by atoms with Gasteiger partial charge in [-0.25, -0.2) is 9.59 Å². The molecular weight excluding hydrogens is 520 g/mol. The van der Waals surface area contributed by atoms with E-state index in [0.717, 1.165) is 6.26 Å². The van der Waals surface area contributed by atoms with Crippen molar-refractivity contribution in [3.63, 3.8) is 0 Å². The van der Waals surface area contributed by atoms with Crippen LogP contribution in [0.4, 0.5) is 0 Å². The number of fused-ring (bicyclic) bond motifs is 2. The standard InChI is InChI=1S/C26H28O13/c1-35-22(33)15-10-36-24(38-25-21(32)20(31)19(30)16(9-27)37-25)17-13(15)6-7-26(17)8-14(23(34)39-26)18(29)11-2-4-12(28)5-3-11/h2-8,10,13,16-21,24-25,27-32H,9H2,1H3/t13-,16-,17-,18?,19-,20+,21-,24+,25+,26-/m1/s1. The number of hydrogen-bond acceptors (Lipinski definition) is 13. The fourth-order valence-electron chi connectivity index (χ4n) is 5.30. The number of esters is 2. The van der Waals surface area contributed by atoms with E-state index in [1.807, 2.05) is 0 Å². The van der Waals surface area contributed by atoms with Crippen LogP contribution in [0.1, 0.15) is 11.7 Å². The number of allylic oxidation sites excluding steroid dienone is 1. The highest BCUT2D eigenvalue weighted by atomic mass is 16.8. The van der Waals surface area contributed by atoms with Crippen LogP contribution in [0.15, 0.2) is 59.9 Å². The van der Waals surface area contributed by atoms with Crippen molar-refractivity contribution < 1.29 is 63.9 Å². The van der Waals surface area contributed by atoms with Gasteiger partial charge in [0.2, 0.25) is 6.29 Å². The Labute approximate surface area is 221 Å². The van der Waals surface area contributed by atoms with Crippen molar-refractivity contribution in [2.75, 3.05) is 13.7 Å². The first kappa shape index (κ1) is 27.3. The number of phenolic OH excluding ortho intramolecular Hbond substituents is 1. The Hall–Kier alpha value is -3.30. The molecule has 1 fully saturated rings. The summed E-state index contributed by atoms with van der Waals surface area (Å²) < 4.78 is 27.6. The molecular formula is C26H28O13. The maximum Gasteiger partial charge on any atom is 0.338 e. The maximum absolute atomic E-state index is 13.0. The first-order valence-corrected chi connectivity index (χ1v) is 12.1. The zero-order valence-corrected chi connectivity index (χ0v) is 20.6. The minimum atomic E-state index is -1.74. The van der Waals surface area contributed by atoms with E-state index in [4.69, 9.17) is 23.7 Å². The predicted octanol–water partition coefficient (Wildman–Crippen LogP) is -1.32. The minimum absolute atomic E-state index is 0.0263. The van der Waals surface area contributed by atoms with Gasteiger partial charge in [-0.1, -0.05) is 18.2 Å². The molecule has 1 aromatic rings. The summed E-state index contributed by atoms with van der Waals surface area (Å²) in [6, 6.07) is 5.60. The third-order valence-corrected chi connectivity index (χ3v) is 7.38.